The SMILES string of the molecule is CC(C#N)CNC1CCC(=O)N(C)C1. The van der Waals surface area contributed by atoms with Crippen LogP contribution in [0.4, 0.5) is 0 Å². The van der Waals surface area contributed by atoms with Gasteiger partial charge in [-0.2, -0.15) is 5.26 Å². The van der Waals surface area contributed by atoms with E-state index in [-0.39, 0.29) is 11.8 Å². The van der Waals surface area contributed by atoms with E-state index in [1.165, 1.54) is 0 Å². The number of amides is 1. The van der Waals surface area contributed by atoms with Crippen molar-refractivity contribution in [3.63, 3.8) is 0 Å². The van der Waals surface area contributed by atoms with Gasteiger partial charge in [0, 0.05) is 32.6 Å². The molecule has 0 saturated carbocycles. The van der Waals surface area contributed by atoms with Crippen LogP contribution in [-0.4, -0.2) is 37.0 Å². The van der Waals surface area contributed by atoms with Crippen LogP contribution >= 0.6 is 0 Å². The standard InChI is InChI=1S/C10H17N3O/c1-8(5-11)6-12-9-3-4-10(14)13(2)7-9/h8-9,12H,3-4,6-7H2,1-2H3. The van der Waals surface area contributed by atoms with Crippen molar-refractivity contribution in [2.24, 2.45) is 5.92 Å². The molecule has 0 aromatic heterocycles. The van der Waals surface area contributed by atoms with Gasteiger partial charge in [-0.25, -0.2) is 0 Å². The Hall–Kier alpha value is -1.08. The third-order valence-electron chi connectivity index (χ3n) is 2.56. The summed E-state index contributed by atoms with van der Waals surface area (Å²) in [5.41, 5.74) is 0. The molecule has 0 aromatic carbocycles. The van der Waals surface area contributed by atoms with Gasteiger partial charge in [-0.1, -0.05) is 0 Å². The van der Waals surface area contributed by atoms with Gasteiger partial charge in [-0.05, 0) is 13.3 Å². The number of carbonyl (C=O) groups excluding carboxylic acids is 1. The first-order chi connectivity index (χ1) is 6.63. The van der Waals surface area contributed by atoms with Crippen LogP contribution in [-0.2, 0) is 4.79 Å². The summed E-state index contributed by atoms with van der Waals surface area (Å²) in [5, 5.41) is 11.9. The number of hydrogen-bond donors (Lipinski definition) is 1. The number of hydrogen-bond acceptors (Lipinski definition) is 3. The zero-order valence-corrected chi connectivity index (χ0v) is 8.79. The fraction of sp³-hybridized carbons (Fsp3) is 0.800. The molecule has 1 fully saturated rings. The summed E-state index contributed by atoms with van der Waals surface area (Å²) in [6.45, 7) is 3.37. The molecular formula is C10H17N3O. The number of carbonyl (C=O) groups is 1. The minimum Gasteiger partial charge on any atom is -0.344 e. The van der Waals surface area contributed by atoms with Gasteiger partial charge in [0.1, 0.15) is 0 Å². The zero-order chi connectivity index (χ0) is 10.6. The Kier molecular flexibility index (Phi) is 3.90. The van der Waals surface area contributed by atoms with Crippen molar-refractivity contribution in [2.45, 2.75) is 25.8 Å². The minimum atomic E-state index is 0.0398. The summed E-state index contributed by atoms with van der Waals surface area (Å²) in [7, 11) is 1.82. The number of rotatable bonds is 3. The second-order valence-electron chi connectivity index (χ2n) is 3.95. The molecule has 2 atom stereocenters. The first-order valence-corrected chi connectivity index (χ1v) is 5.00. The van der Waals surface area contributed by atoms with Crippen molar-refractivity contribution in [2.75, 3.05) is 20.1 Å². The molecule has 0 aromatic rings. The van der Waals surface area contributed by atoms with E-state index in [0.717, 1.165) is 13.0 Å². The van der Waals surface area contributed by atoms with Gasteiger partial charge in [0.2, 0.25) is 5.91 Å². The van der Waals surface area contributed by atoms with Crippen LogP contribution in [0.5, 0.6) is 0 Å². The lowest BCUT2D eigenvalue weighted by molar-refractivity contribution is -0.132. The van der Waals surface area contributed by atoms with Crippen molar-refractivity contribution < 1.29 is 4.79 Å². The van der Waals surface area contributed by atoms with Crippen LogP contribution in [0.3, 0.4) is 0 Å². The lowest BCUT2D eigenvalue weighted by Gasteiger charge is -2.30. The lowest BCUT2D eigenvalue weighted by atomic mass is 10.0. The number of nitrogens with zero attached hydrogens (tertiary/aromatic N) is 2. The molecule has 4 nitrogen and oxygen atoms in total. The Bertz CT molecular complexity index is 246. The van der Waals surface area contributed by atoms with Crippen molar-refractivity contribution in [3.05, 3.63) is 0 Å². The summed E-state index contributed by atoms with van der Waals surface area (Å²) in [6, 6.07) is 2.54. The molecule has 1 aliphatic heterocycles. The van der Waals surface area contributed by atoms with E-state index >= 15 is 0 Å². The van der Waals surface area contributed by atoms with Crippen LogP contribution in [0.2, 0.25) is 0 Å². The largest absolute Gasteiger partial charge is 0.344 e. The molecule has 0 spiro atoms. The quantitative estimate of drug-likeness (QED) is 0.707. The summed E-state index contributed by atoms with van der Waals surface area (Å²) in [5.74, 6) is 0.259. The molecule has 0 aliphatic carbocycles. The Labute approximate surface area is 84.9 Å². The highest BCUT2D eigenvalue weighted by Gasteiger charge is 2.22. The molecule has 1 N–H and O–H groups in total. The molecule has 4 heteroatoms. The van der Waals surface area contributed by atoms with Gasteiger partial charge in [0.15, 0.2) is 0 Å². The number of piperidine rings is 1. The highest BCUT2D eigenvalue weighted by molar-refractivity contribution is 5.76. The van der Waals surface area contributed by atoms with E-state index in [9.17, 15) is 4.79 Å². The van der Waals surface area contributed by atoms with E-state index in [1.54, 1.807) is 4.90 Å². The summed E-state index contributed by atoms with van der Waals surface area (Å²) in [6.07, 6.45) is 1.51. The van der Waals surface area contributed by atoms with Gasteiger partial charge < -0.3 is 10.2 Å². The molecule has 2 unspecified atom stereocenters. The lowest BCUT2D eigenvalue weighted by Crippen LogP contribution is -2.47. The topological polar surface area (TPSA) is 56.1 Å². The maximum atomic E-state index is 11.2. The fourth-order valence-electron chi connectivity index (χ4n) is 1.57. The van der Waals surface area contributed by atoms with E-state index < -0.39 is 0 Å². The monoisotopic (exact) mass is 195 g/mol. The number of nitriles is 1. The highest BCUT2D eigenvalue weighted by Crippen LogP contribution is 2.09. The van der Waals surface area contributed by atoms with Gasteiger partial charge in [-0.3, -0.25) is 4.79 Å². The third-order valence-corrected chi connectivity index (χ3v) is 2.56. The predicted molar refractivity (Wildman–Crippen MR) is 53.4 cm³/mol. The van der Waals surface area contributed by atoms with Crippen LogP contribution < -0.4 is 5.32 Å². The third kappa shape index (κ3) is 3.00. The molecule has 78 valence electrons. The first kappa shape index (κ1) is 11.0. The normalized spacial score (nSPS) is 24.5. The van der Waals surface area contributed by atoms with Crippen molar-refractivity contribution >= 4 is 5.91 Å². The van der Waals surface area contributed by atoms with Gasteiger partial charge in [-0.15, -0.1) is 0 Å². The summed E-state index contributed by atoms with van der Waals surface area (Å²) >= 11 is 0. The van der Waals surface area contributed by atoms with Crippen molar-refractivity contribution in [3.8, 4) is 6.07 Å². The van der Waals surface area contributed by atoms with Crippen LogP contribution in [0.15, 0.2) is 0 Å². The highest BCUT2D eigenvalue weighted by atomic mass is 16.2. The second-order valence-corrected chi connectivity index (χ2v) is 3.95. The molecule has 1 amide bonds. The second kappa shape index (κ2) is 4.97. The van der Waals surface area contributed by atoms with Crippen LogP contribution in [0, 0.1) is 17.2 Å². The fourth-order valence-corrected chi connectivity index (χ4v) is 1.57. The molecule has 1 aliphatic rings. The molecule has 0 radical (unpaired) electrons. The Morgan fingerprint density at radius 2 is 2.50 bits per heavy atom. The van der Waals surface area contributed by atoms with Crippen LogP contribution in [0.25, 0.3) is 0 Å². The van der Waals surface area contributed by atoms with E-state index in [2.05, 4.69) is 11.4 Å². The van der Waals surface area contributed by atoms with Crippen molar-refractivity contribution in [1.82, 2.24) is 10.2 Å². The van der Waals surface area contributed by atoms with Gasteiger partial charge in [0.05, 0.1) is 12.0 Å². The maximum absolute atomic E-state index is 11.2. The smallest absolute Gasteiger partial charge is 0.222 e. The predicted octanol–water partition coefficient (Wildman–Crippen LogP) is 0.356. The van der Waals surface area contributed by atoms with Gasteiger partial charge in [0.25, 0.3) is 0 Å². The zero-order valence-electron chi connectivity index (χ0n) is 8.79. The number of nitrogens with one attached hydrogen (secondary N) is 1. The molecule has 1 heterocycles. The van der Waals surface area contributed by atoms with E-state index in [4.69, 9.17) is 5.26 Å². The number of likely N-dealkylation sites (N-methyl/N-ethyl adjacent to an activating group) is 1. The Balaban J connectivity index is 2.27. The van der Waals surface area contributed by atoms with E-state index in [1.807, 2.05) is 14.0 Å². The molecule has 1 saturated heterocycles. The summed E-state index contributed by atoms with van der Waals surface area (Å²) < 4.78 is 0. The average molecular weight is 195 g/mol. The Morgan fingerprint density at radius 3 is 3.07 bits per heavy atom. The van der Waals surface area contributed by atoms with Crippen LogP contribution in [0.1, 0.15) is 19.8 Å². The molecule has 0 bridgehead atoms. The van der Waals surface area contributed by atoms with Crippen molar-refractivity contribution in [1.29, 1.82) is 5.26 Å². The van der Waals surface area contributed by atoms with Gasteiger partial charge >= 0.3 is 0 Å². The average Bonchev–Trinajstić information content (AvgIpc) is 2.19. The first-order valence-electron chi connectivity index (χ1n) is 5.00. The maximum Gasteiger partial charge on any atom is 0.222 e. The molecular weight excluding hydrogens is 178 g/mol. The Morgan fingerprint density at radius 1 is 1.79 bits per heavy atom. The molecule has 14 heavy (non-hydrogen) atoms. The summed E-state index contributed by atoms with van der Waals surface area (Å²) in [4.78, 5) is 12.9. The minimum absolute atomic E-state index is 0.0398. The van der Waals surface area contributed by atoms with E-state index in [0.29, 0.717) is 19.0 Å². The number of likely N-dealkylation sites (tertiary alicyclic amines) is 1. The molecule has 1 rings (SSSR count).